The number of carbonyl (C=O) groups is 3. The molecule has 2 N–H and O–H groups in total. The minimum absolute atomic E-state index is 0.0300. The van der Waals surface area contributed by atoms with Crippen LogP contribution in [0.3, 0.4) is 0 Å². The lowest BCUT2D eigenvalue weighted by Crippen LogP contribution is -2.31. The van der Waals surface area contributed by atoms with Gasteiger partial charge in [0.1, 0.15) is 10.8 Å². The molecule has 0 unspecified atom stereocenters. The molecule has 0 aliphatic rings. The Morgan fingerprint density at radius 3 is 2.33 bits per heavy atom. The molecule has 1 heterocycles. The Balaban J connectivity index is 2.22. The number of anilines is 1. The molecule has 0 saturated heterocycles. The van der Waals surface area contributed by atoms with E-state index in [1.54, 1.807) is 32.0 Å². The topological polar surface area (TPSA) is 119 Å². The number of benzene rings is 1. The van der Waals surface area contributed by atoms with Crippen molar-refractivity contribution in [2.75, 3.05) is 18.2 Å². The van der Waals surface area contributed by atoms with E-state index in [4.69, 9.17) is 0 Å². The fourth-order valence-corrected chi connectivity index (χ4v) is 4.47. The van der Waals surface area contributed by atoms with Gasteiger partial charge in [-0.1, -0.05) is 18.2 Å². The summed E-state index contributed by atoms with van der Waals surface area (Å²) >= 11 is 1.11. The molecule has 2 aromatic rings. The lowest BCUT2D eigenvalue weighted by Gasteiger charge is -2.08. The first kappa shape index (κ1) is 20.6. The van der Waals surface area contributed by atoms with Gasteiger partial charge < -0.3 is 10.1 Å². The molecule has 27 heavy (non-hydrogen) atoms. The number of aryl methyl sites for hydroxylation is 1. The number of hydrogen-bond acceptors (Lipinski definition) is 7. The first-order chi connectivity index (χ1) is 12.7. The SMILES string of the molecule is COC(=O)NC(=O)c1c(NC(=O)CS(=O)(=O)c2ccccc2)sc(C)c1C. The molecule has 0 saturated carbocycles. The number of alkyl carbamates (subject to hydrolysis) is 1. The van der Waals surface area contributed by atoms with Crippen molar-refractivity contribution >= 4 is 44.1 Å². The number of rotatable bonds is 5. The van der Waals surface area contributed by atoms with Crippen LogP contribution in [0.2, 0.25) is 0 Å². The molecule has 0 spiro atoms. The predicted octanol–water partition coefficient (Wildman–Crippen LogP) is 2.27. The number of hydrogen-bond donors (Lipinski definition) is 2. The molecule has 1 aromatic carbocycles. The second kappa shape index (κ2) is 8.31. The number of methoxy groups -OCH3 is 1. The summed E-state index contributed by atoms with van der Waals surface area (Å²) in [5.41, 5.74) is 0.663. The highest BCUT2D eigenvalue weighted by atomic mass is 32.2. The van der Waals surface area contributed by atoms with Crippen LogP contribution in [0.25, 0.3) is 0 Å². The molecule has 144 valence electrons. The molecular weight excluding hydrogens is 392 g/mol. The average Bonchev–Trinajstić information content (AvgIpc) is 2.88. The monoisotopic (exact) mass is 410 g/mol. The van der Waals surface area contributed by atoms with Crippen molar-refractivity contribution in [3.8, 4) is 0 Å². The number of sulfone groups is 1. The van der Waals surface area contributed by atoms with Crippen LogP contribution in [0.4, 0.5) is 9.80 Å². The fraction of sp³-hybridized carbons (Fsp3) is 0.235. The third-order valence-electron chi connectivity index (χ3n) is 3.69. The van der Waals surface area contributed by atoms with Crippen LogP contribution < -0.4 is 10.6 Å². The van der Waals surface area contributed by atoms with Gasteiger partial charge in [0, 0.05) is 4.88 Å². The van der Waals surface area contributed by atoms with Crippen LogP contribution in [0, 0.1) is 13.8 Å². The van der Waals surface area contributed by atoms with E-state index < -0.39 is 33.5 Å². The molecule has 2 rings (SSSR count). The maximum Gasteiger partial charge on any atom is 0.413 e. The summed E-state index contributed by atoms with van der Waals surface area (Å²) in [6.45, 7) is 3.40. The summed E-state index contributed by atoms with van der Waals surface area (Å²) in [6.07, 6.45) is -0.938. The van der Waals surface area contributed by atoms with Crippen LogP contribution in [0.15, 0.2) is 35.2 Å². The first-order valence-electron chi connectivity index (χ1n) is 7.72. The second-order valence-electron chi connectivity index (χ2n) is 5.55. The van der Waals surface area contributed by atoms with Crippen molar-refractivity contribution in [2.24, 2.45) is 0 Å². The Morgan fingerprint density at radius 2 is 1.74 bits per heavy atom. The van der Waals surface area contributed by atoms with E-state index in [0.29, 0.717) is 5.56 Å². The Labute approximate surface area is 160 Å². The van der Waals surface area contributed by atoms with E-state index in [1.807, 2.05) is 5.32 Å². The van der Waals surface area contributed by atoms with Crippen LogP contribution in [-0.4, -0.2) is 39.2 Å². The van der Waals surface area contributed by atoms with Crippen molar-refractivity contribution < 1.29 is 27.5 Å². The zero-order valence-corrected chi connectivity index (χ0v) is 16.5. The van der Waals surface area contributed by atoms with Gasteiger partial charge in [0.15, 0.2) is 9.84 Å². The Hall–Kier alpha value is -2.72. The normalized spacial score (nSPS) is 10.9. The molecule has 1 aromatic heterocycles. The molecule has 0 fully saturated rings. The average molecular weight is 410 g/mol. The molecule has 0 radical (unpaired) electrons. The third kappa shape index (κ3) is 4.92. The minimum atomic E-state index is -3.82. The number of amides is 3. The van der Waals surface area contributed by atoms with Crippen molar-refractivity contribution in [3.05, 3.63) is 46.3 Å². The molecule has 0 aliphatic heterocycles. The Morgan fingerprint density at radius 1 is 1.11 bits per heavy atom. The summed E-state index contributed by atoms with van der Waals surface area (Å²) < 4.78 is 29.0. The summed E-state index contributed by atoms with van der Waals surface area (Å²) in [4.78, 5) is 36.6. The molecule has 3 amide bonds. The predicted molar refractivity (Wildman–Crippen MR) is 101 cm³/mol. The number of imide groups is 1. The van der Waals surface area contributed by atoms with Crippen molar-refractivity contribution in [3.63, 3.8) is 0 Å². The van der Waals surface area contributed by atoms with Crippen LogP contribution in [-0.2, 0) is 19.4 Å². The van der Waals surface area contributed by atoms with Gasteiger partial charge in [-0.05, 0) is 31.5 Å². The highest BCUT2D eigenvalue weighted by molar-refractivity contribution is 7.92. The third-order valence-corrected chi connectivity index (χ3v) is 6.45. The minimum Gasteiger partial charge on any atom is -0.453 e. The van der Waals surface area contributed by atoms with Gasteiger partial charge >= 0.3 is 6.09 Å². The van der Waals surface area contributed by atoms with Gasteiger partial charge in [-0.3, -0.25) is 14.9 Å². The quantitative estimate of drug-likeness (QED) is 0.781. The maximum atomic E-state index is 12.3. The highest BCUT2D eigenvalue weighted by Crippen LogP contribution is 2.32. The fourth-order valence-electron chi connectivity index (χ4n) is 2.24. The van der Waals surface area contributed by atoms with Crippen LogP contribution in [0.1, 0.15) is 20.8 Å². The van der Waals surface area contributed by atoms with Crippen LogP contribution in [0.5, 0.6) is 0 Å². The van der Waals surface area contributed by atoms with E-state index in [2.05, 4.69) is 10.1 Å². The van der Waals surface area contributed by atoms with Crippen molar-refractivity contribution in [2.45, 2.75) is 18.7 Å². The van der Waals surface area contributed by atoms with E-state index in [-0.39, 0.29) is 15.5 Å². The summed E-state index contributed by atoms with van der Waals surface area (Å²) in [6, 6.07) is 7.59. The van der Waals surface area contributed by atoms with Gasteiger partial charge in [0.05, 0.1) is 17.6 Å². The van der Waals surface area contributed by atoms with Gasteiger partial charge in [-0.15, -0.1) is 11.3 Å². The molecule has 8 nitrogen and oxygen atoms in total. The van der Waals surface area contributed by atoms with E-state index >= 15 is 0 Å². The number of ether oxygens (including phenoxy) is 1. The summed E-state index contributed by atoms with van der Waals surface area (Å²) in [5, 5.41) is 4.65. The number of nitrogens with one attached hydrogen (secondary N) is 2. The van der Waals surface area contributed by atoms with Crippen LogP contribution >= 0.6 is 11.3 Å². The zero-order valence-electron chi connectivity index (χ0n) is 14.9. The highest BCUT2D eigenvalue weighted by Gasteiger charge is 2.25. The van der Waals surface area contributed by atoms with Gasteiger partial charge in [-0.25, -0.2) is 13.2 Å². The number of thiophene rings is 1. The smallest absolute Gasteiger partial charge is 0.413 e. The second-order valence-corrected chi connectivity index (χ2v) is 8.77. The summed E-state index contributed by atoms with van der Waals surface area (Å²) in [7, 11) is -2.70. The summed E-state index contributed by atoms with van der Waals surface area (Å²) in [5.74, 6) is -2.30. The lowest BCUT2D eigenvalue weighted by atomic mass is 10.1. The Kier molecular flexibility index (Phi) is 6.34. The van der Waals surface area contributed by atoms with Crippen molar-refractivity contribution in [1.82, 2.24) is 5.32 Å². The van der Waals surface area contributed by atoms with Gasteiger partial charge in [0.25, 0.3) is 5.91 Å². The standard InChI is InChI=1S/C17H18N2O6S2/c1-10-11(2)26-16(14(10)15(21)19-17(22)25-3)18-13(20)9-27(23,24)12-7-5-4-6-8-12/h4-8H,9H2,1-3H3,(H,18,20)(H,19,21,22). The number of carbonyl (C=O) groups excluding carboxylic acids is 3. The Bertz CT molecular complexity index is 980. The van der Waals surface area contributed by atoms with E-state index in [0.717, 1.165) is 23.3 Å². The van der Waals surface area contributed by atoms with Crippen molar-refractivity contribution in [1.29, 1.82) is 0 Å². The van der Waals surface area contributed by atoms with E-state index in [1.165, 1.54) is 12.1 Å². The zero-order chi connectivity index (χ0) is 20.2. The lowest BCUT2D eigenvalue weighted by molar-refractivity contribution is -0.113. The molecule has 0 aliphatic carbocycles. The maximum absolute atomic E-state index is 12.3. The van der Waals surface area contributed by atoms with Gasteiger partial charge in [0.2, 0.25) is 5.91 Å². The van der Waals surface area contributed by atoms with Gasteiger partial charge in [-0.2, -0.15) is 0 Å². The molecular formula is C17H18N2O6S2. The van der Waals surface area contributed by atoms with E-state index in [9.17, 15) is 22.8 Å². The first-order valence-corrected chi connectivity index (χ1v) is 10.2. The molecule has 0 bridgehead atoms. The molecule has 0 atom stereocenters. The largest absolute Gasteiger partial charge is 0.453 e. The molecule has 10 heteroatoms.